The summed E-state index contributed by atoms with van der Waals surface area (Å²) in [7, 11) is 0. The molecule has 0 unspecified atom stereocenters. The van der Waals surface area contributed by atoms with E-state index in [0.717, 1.165) is 4.47 Å². The van der Waals surface area contributed by atoms with Crippen LogP contribution in [0.15, 0.2) is 50.2 Å². The summed E-state index contributed by atoms with van der Waals surface area (Å²) in [6.45, 7) is 0. The van der Waals surface area contributed by atoms with Crippen LogP contribution in [0.3, 0.4) is 0 Å². The van der Waals surface area contributed by atoms with Gasteiger partial charge in [-0.2, -0.15) is 0 Å². The Labute approximate surface area is 126 Å². The zero-order valence-corrected chi connectivity index (χ0v) is 12.3. The minimum atomic E-state index is -0.583. The van der Waals surface area contributed by atoms with E-state index >= 15 is 0 Å². The predicted octanol–water partition coefficient (Wildman–Crippen LogP) is 3.98. The molecule has 100 valence electrons. The molecule has 0 atom stereocenters. The number of rotatable bonds is 1. The largest absolute Gasteiger partial charge is 0.501 e. The lowest BCUT2D eigenvalue weighted by Crippen LogP contribution is -2.04. The Hall–Kier alpha value is -1.85. The fourth-order valence-electron chi connectivity index (χ4n) is 1.84. The Morgan fingerprint density at radius 3 is 2.65 bits per heavy atom. The van der Waals surface area contributed by atoms with Gasteiger partial charge >= 0.3 is 0 Å². The van der Waals surface area contributed by atoms with Crippen molar-refractivity contribution in [2.75, 3.05) is 0 Å². The summed E-state index contributed by atoms with van der Waals surface area (Å²) in [4.78, 5) is 16.0. The molecule has 3 aromatic rings. The first kappa shape index (κ1) is 13.1. The van der Waals surface area contributed by atoms with Crippen molar-refractivity contribution in [1.82, 2.24) is 4.98 Å². The summed E-state index contributed by atoms with van der Waals surface area (Å²) < 4.78 is 6.45. The zero-order valence-electron chi connectivity index (χ0n) is 9.93. The highest BCUT2D eigenvalue weighted by Gasteiger charge is 2.16. The Morgan fingerprint density at radius 1 is 1.25 bits per heavy atom. The quantitative estimate of drug-likeness (QED) is 0.719. The van der Waals surface area contributed by atoms with Crippen molar-refractivity contribution in [1.29, 1.82) is 0 Å². The minimum Gasteiger partial charge on any atom is -0.501 e. The third-order valence-corrected chi connectivity index (χ3v) is 3.52. The van der Waals surface area contributed by atoms with Crippen molar-refractivity contribution in [3.05, 3.63) is 56.2 Å². The lowest BCUT2D eigenvalue weighted by atomic mass is 10.1. The Bertz CT molecular complexity index is 859. The van der Waals surface area contributed by atoms with E-state index in [1.165, 1.54) is 12.3 Å². The molecular formula is C14H7BrClNO3. The first-order chi connectivity index (χ1) is 9.56. The van der Waals surface area contributed by atoms with Crippen molar-refractivity contribution in [3.63, 3.8) is 0 Å². The molecule has 0 aliphatic heterocycles. The van der Waals surface area contributed by atoms with Gasteiger partial charge in [-0.1, -0.05) is 27.5 Å². The minimum absolute atomic E-state index is 0.0489. The van der Waals surface area contributed by atoms with E-state index < -0.39 is 11.2 Å². The van der Waals surface area contributed by atoms with Crippen LogP contribution in [-0.4, -0.2) is 10.1 Å². The summed E-state index contributed by atoms with van der Waals surface area (Å²) in [5.41, 5.74) is 0.288. The number of benzene rings is 1. The Kier molecular flexibility index (Phi) is 3.23. The second-order valence-electron chi connectivity index (χ2n) is 4.12. The van der Waals surface area contributed by atoms with E-state index in [9.17, 15) is 9.90 Å². The SMILES string of the molecule is O=c1c(O)c(-c2ccc(Br)cc2)oc2cc(Cl)cnc12. The monoisotopic (exact) mass is 351 g/mol. The molecule has 6 heteroatoms. The van der Waals surface area contributed by atoms with Gasteiger partial charge in [-0.3, -0.25) is 4.79 Å². The summed E-state index contributed by atoms with van der Waals surface area (Å²) in [5.74, 6) is -0.367. The molecule has 0 fully saturated rings. The highest BCUT2D eigenvalue weighted by molar-refractivity contribution is 9.10. The summed E-state index contributed by atoms with van der Waals surface area (Å²) >= 11 is 9.15. The summed E-state index contributed by atoms with van der Waals surface area (Å²) in [6, 6.07) is 8.52. The third kappa shape index (κ3) is 2.19. The van der Waals surface area contributed by atoms with Crippen molar-refractivity contribution in [3.8, 4) is 17.1 Å². The molecule has 1 aromatic carbocycles. The number of aromatic hydroxyl groups is 1. The van der Waals surface area contributed by atoms with Gasteiger partial charge in [0.25, 0.3) is 5.43 Å². The third-order valence-electron chi connectivity index (χ3n) is 2.78. The van der Waals surface area contributed by atoms with Gasteiger partial charge in [0.05, 0.1) is 5.02 Å². The van der Waals surface area contributed by atoms with E-state index in [1.807, 2.05) is 0 Å². The highest BCUT2D eigenvalue weighted by Crippen LogP contribution is 2.30. The average Bonchev–Trinajstić information content (AvgIpc) is 2.44. The van der Waals surface area contributed by atoms with Crippen LogP contribution in [-0.2, 0) is 0 Å². The van der Waals surface area contributed by atoms with Gasteiger partial charge in [0.2, 0.25) is 5.75 Å². The van der Waals surface area contributed by atoms with Gasteiger partial charge in [-0.25, -0.2) is 4.98 Å². The first-order valence-corrected chi connectivity index (χ1v) is 6.80. The van der Waals surface area contributed by atoms with Crippen LogP contribution in [0.2, 0.25) is 5.02 Å². The topological polar surface area (TPSA) is 63.3 Å². The lowest BCUT2D eigenvalue weighted by Gasteiger charge is -2.05. The molecule has 0 radical (unpaired) electrons. The molecule has 0 saturated heterocycles. The van der Waals surface area contributed by atoms with Gasteiger partial charge in [-0.15, -0.1) is 0 Å². The number of hydrogen-bond donors (Lipinski definition) is 1. The molecule has 0 amide bonds. The second kappa shape index (κ2) is 4.92. The molecule has 0 spiro atoms. The molecule has 3 rings (SSSR count). The predicted molar refractivity (Wildman–Crippen MR) is 80.1 cm³/mol. The zero-order chi connectivity index (χ0) is 14.3. The lowest BCUT2D eigenvalue weighted by molar-refractivity contribution is 0.448. The number of pyridine rings is 1. The number of fused-ring (bicyclic) bond motifs is 1. The molecule has 0 bridgehead atoms. The van der Waals surface area contributed by atoms with Crippen molar-refractivity contribution in [2.24, 2.45) is 0 Å². The number of hydrogen-bond acceptors (Lipinski definition) is 4. The van der Waals surface area contributed by atoms with Gasteiger partial charge in [0, 0.05) is 22.3 Å². The standard InChI is InChI=1S/C14H7BrClNO3/c15-8-3-1-7(2-4-8)14-13(19)12(18)11-10(20-14)5-9(16)6-17-11/h1-6,19H. The molecule has 2 heterocycles. The maximum atomic E-state index is 12.1. The second-order valence-corrected chi connectivity index (χ2v) is 5.47. The molecule has 20 heavy (non-hydrogen) atoms. The molecule has 0 saturated carbocycles. The number of aromatic nitrogens is 1. The van der Waals surface area contributed by atoms with Crippen LogP contribution in [0, 0.1) is 0 Å². The van der Waals surface area contributed by atoms with Crippen molar-refractivity contribution in [2.45, 2.75) is 0 Å². The van der Waals surface area contributed by atoms with E-state index in [0.29, 0.717) is 10.6 Å². The van der Waals surface area contributed by atoms with Gasteiger partial charge in [-0.05, 0) is 24.3 Å². The first-order valence-electron chi connectivity index (χ1n) is 5.63. The van der Waals surface area contributed by atoms with Gasteiger partial charge < -0.3 is 9.52 Å². The fourth-order valence-corrected chi connectivity index (χ4v) is 2.25. The smallest absolute Gasteiger partial charge is 0.253 e. The van der Waals surface area contributed by atoms with Crippen LogP contribution >= 0.6 is 27.5 Å². The molecule has 0 aliphatic rings. The summed E-state index contributed by atoms with van der Waals surface area (Å²) in [5, 5.41) is 10.4. The maximum absolute atomic E-state index is 12.1. The summed E-state index contributed by atoms with van der Waals surface area (Å²) in [6.07, 6.45) is 1.33. The van der Waals surface area contributed by atoms with E-state index in [-0.39, 0.29) is 16.9 Å². The van der Waals surface area contributed by atoms with Crippen molar-refractivity contribution >= 4 is 38.6 Å². The molecular weight excluding hydrogens is 346 g/mol. The number of halogens is 2. The normalized spacial score (nSPS) is 10.9. The van der Waals surface area contributed by atoms with Gasteiger partial charge in [0.1, 0.15) is 0 Å². The van der Waals surface area contributed by atoms with Crippen LogP contribution in [0.1, 0.15) is 0 Å². The Morgan fingerprint density at radius 2 is 1.95 bits per heavy atom. The molecule has 0 aliphatic carbocycles. The molecule has 4 nitrogen and oxygen atoms in total. The van der Waals surface area contributed by atoms with Crippen LogP contribution in [0.25, 0.3) is 22.4 Å². The Balaban J connectivity index is 2.33. The maximum Gasteiger partial charge on any atom is 0.253 e. The van der Waals surface area contributed by atoms with E-state index in [4.69, 9.17) is 16.0 Å². The van der Waals surface area contributed by atoms with E-state index in [1.54, 1.807) is 24.3 Å². The van der Waals surface area contributed by atoms with Crippen LogP contribution in [0.5, 0.6) is 5.75 Å². The average molecular weight is 353 g/mol. The molecule has 2 aromatic heterocycles. The van der Waals surface area contributed by atoms with Crippen LogP contribution in [0.4, 0.5) is 0 Å². The fraction of sp³-hybridized carbons (Fsp3) is 0. The van der Waals surface area contributed by atoms with Crippen LogP contribution < -0.4 is 5.43 Å². The van der Waals surface area contributed by atoms with Gasteiger partial charge in [0.15, 0.2) is 16.9 Å². The molecule has 1 N–H and O–H groups in total. The highest BCUT2D eigenvalue weighted by atomic mass is 79.9. The van der Waals surface area contributed by atoms with Crippen molar-refractivity contribution < 1.29 is 9.52 Å². The van der Waals surface area contributed by atoms with E-state index in [2.05, 4.69) is 20.9 Å². The number of nitrogens with zero attached hydrogens (tertiary/aromatic N) is 1.